The first-order valence-corrected chi connectivity index (χ1v) is 13.0. The zero-order valence-corrected chi connectivity index (χ0v) is 22.6. The van der Waals surface area contributed by atoms with E-state index >= 15 is 0 Å². The molecule has 2 heterocycles. The Bertz CT molecular complexity index is 1250. The lowest BCUT2D eigenvalue weighted by Crippen LogP contribution is -2.46. The maximum absolute atomic E-state index is 13.6. The van der Waals surface area contributed by atoms with Gasteiger partial charge in [-0.2, -0.15) is 0 Å². The fourth-order valence-electron chi connectivity index (χ4n) is 4.38. The zero-order valence-electron chi connectivity index (χ0n) is 21.8. The fraction of sp³-hybridized carbons (Fsp3) is 0.379. The molecule has 196 valence electrons. The number of carbonyl (C=O) groups excluding carboxylic acids is 2. The summed E-state index contributed by atoms with van der Waals surface area (Å²) in [7, 11) is 0. The Balaban J connectivity index is 1.51. The van der Waals surface area contributed by atoms with Gasteiger partial charge in [0.25, 0.3) is 5.91 Å². The lowest BCUT2D eigenvalue weighted by atomic mass is 10.1. The Kier molecular flexibility index (Phi) is 8.44. The second-order valence-electron chi connectivity index (χ2n) is 9.98. The van der Waals surface area contributed by atoms with Gasteiger partial charge in [0.15, 0.2) is 11.5 Å². The van der Waals surface area contributed by atoms with Gasteiger partial charge in [0.1, 0.15) is 6.54 Å². The number of nitrogens with zero attached hydrogens (tertiary/aromatic N) is 3. The van der Waals surface area contributed by atoms with Crippen LogP contribution in [0.2, 0.25) is 5.02 Å². The molecule has 3 aromatic rings. The predicted octanol–water partition coefficient (Wildman–Crippen LogP) is 5.45. The Hall–Kier alpha value is -3.45. The van der Waals surface area contributed by atoms with Crippen LogP contribution < -0.4 is 9.47 Å². The summed E-state index contributed by atoms with van der Waals surface area (Å²) in [5.41, 5.74) is 2.49. The number of ether oxygens (including phenoxy) is 2. The van der Waals surface area contributed by atoms with Crippen LogP contribution in [0.3, 0.4) is 0 Å². The van der Waals surface area contributed by atoms with Crippen molar-refractivity contribution in [3.8, 4) is 11.5 Å². The minimum atomic E-state index is -0.215. The van der Waals surface area contributed by atoms with Crippen LogP contribution in [-0.2, 0) is 17.9 Å². The second kappa shape index (κ2) is 11.7. The van der Waals surface area contributed by atoms with Gasteiger partial charge >= 0.3 is 0 Å². The normalized spacial score (nSPS) is 12.3. The minimum absolute atomic E-state index is 0.0110. The van der Waals surface area contributed by atoms with E-state index in [0.29, 0.717) is 41.7 Å². The van der Waals surface area contributed by atoms with Gasteiger partial charge in [-0.05, 0) is 61.7 Å². The third kappa shape index (κ3) is 6.46. The Labute approximate surface area is 223 Å². The van der Waals surface area contributed by atoms with Crippen molar-refractivity contribution in [2.24, 2.45) is 5.92 Å². The molecule has 8 heteroatoms. The van der Waals surface area contributed by atoms with Crippen LogP contribution >= 0.6 is 11.6 Å². The highest BCUT2D eigenvalue weighted by atomic mass is 35.5. The predicted molar refractivity (Wildman–Crippen MR) is 144 cm³/mol. The number of aromatic nitrogens is 1. The molecule has 1 aliphatic heterocycles. The summed E-state index contributed by atoms with van der Waals surface area (Å²) in [6, 6.07) is 16.7. The number of benzene rings is 2. The number of rotatable bonds is 10. The highest BCUT2D eigenvalue weighted by molar-refractivity contribution is 6.31. The van der Waals surface area contributed by atoms with Crippen molar-refractivity contribution < 1.29 is 19.1 Å². The number of hydrogen-bond donors (Lipinski definition) is 0. The monoisotopic (exact) mass is 523 g/mol. The lowest BCUT2D eigenvalue weighted by Gasteiger charge is -2.31. The Morgan fingerprint density at radius 1 is 1.00 bits per heavy atom. The van der Waals surface area contributed by atoms with Crippen LogP contribution in [0.5, 0.6) is 11.5 Å². The van der Waals surface area contributed by atoms with Gasteiger partial charge in [0, 0.05) is 41.6 Å². The standard InChI is InChI=1S/C29H34ClN3O4/c1-20(2)15-32(17-24-9-7-13-31(24)16-23-8-5-6-10-25(23)30)28(34)18-33(21(3)4)29(35)22-11-12-26-27(14-22)37-19-36-26/h5-14,20-21H,15-19H2,1-4H3. The average Bonchev–Trinajstić information content (AvgIpc) is 3.51. The molecule has 0 aliphatic carbocycles. The van der Waals surface area contributed by atoms with E-state index in [9.17, 15) is 9.59 Å². The van der Waals surface area contributed by atoms with E-state index in [2.05, 4.69) is 18.4 Å². The molecule has 0 bridgehead atoms. The first kappa shape index (κ1) is 26.6. The second-order valence-corrected chi connectivity index (χ2v) is 10.4. The Morgan fingerprint density at radius 3 is 2.49 bits per heavy atom. The third-order valence-corrected chi connectivity index (χ3v) is 6.69. The van der Waals surface area contributed by atoms with Crippen LogP contribution in [-0.4, -0.2) is 52.1 Å². The number of carbonyl (C=O) groups is 2. The molecule has 37 heavy (non-hydrogen) atoms. The summed E-state index contributed by atoms with van der Waals surface area (Å²) < 4.78 is 12.9. The molecule has 0 radical (unpaired) electrons. The van der Waals surface area contributed by atoms with E-state index in [4.69, 9.17) is 21.1 Å². The highest BCUT2D eigenvalue weighted by Crippen LogP contribution is 2.33. The van der Waals surface area contributed by atoms with Crippen molar-refractivity contribution in [1.82, 2.24) is 14.4 Å². The fourth-order valence-corrected chi connectivity index (χ4v) is 4.57. The number of fused-ring (bicyclic) bond motifs is 1. The number of amides is 2. The van der Waals surface area contributed by atoms with Gasteiger partial charge in [-0.3, -0.25) is 9.59 Å². The summed E-state index contributed by atoms with van der Waals surface area (Å²) in [5.74, 6) is 1.12. The largest absolute Gasteiger partial charge is 0.454 e. The summed E-state index contributed by atoms with van der Waals surface area (Å²) in [4.78, 5) is 30.5. The van der Waals surface area contributed by atoms with Gasteiger partial charge in [-0.1, -0.05) is 43.6 Å². The van der Waals surface area contributed by atoms with Crippen LogP contribution in [0.1, 0.15) is 49.3 Å². The van der Waals surface area contributed by atoms with E-state index in [0.717, 1.165) is 11.3 Å². The average molecular weight is 524 g/mol. The van der Waals surface area contributed by atoms with Crippen molar-refractivity contribution in [1.29, 1.82) is 0 Å². The number of hydrogen-bond acceptors (Lipinski definition) is 4. The highest BCUT2D eigenvalue weighted by Gasteiger charge is 2.27. The molecular weight excluding hydrogens is 490 g/mol. The van der Waals surface area contributed by atoms with E-state index in [1.807, 2.05) is 61.3 Å². The molecule has 0 saturated heterocycles. The SMILES string of the molecule is CC(C)CN(Cc1cccn1Cc1ccccc1Cl)C(=O)CN(C(=O)c1ccc2c(c1)OCO2)C(C)C. The van der Waals surface area contributed by atoms with Crippen LogP contribution in [0.4, 0.5) is 0 Å². The van der Waals surface area contributed by atoms with Crippen LogP contribution in [0, 0.1) is 5.92 Å². The molecule has 2 aromatic carbocycles. The smallest absolute Gasteiger partial charge is 0.254 e. The molecule has 0 saturated carbocycles. The van der Waals surface area contributed by atoms with Crippen LogP contribution in [0.25, 0.3) is 0 Å². The van der Waals surface area contributed by atoms with Gasteiger partial charge in [-0.15, -0.1) is 0 Å². The van der Waals surface area contributed by atoms with Crippen molar-refractivity contribution in [2.45, 2.75) is 46.8 Å². The molecule has 1 aromatic heterocycles. The molecule has 1 aliphatic rings. The molecule has 0 fully saturated rings. The van der Waals surface area contributed by atoms with E-state index < -0.39 is 0 Å². The molecule has 0 N–H and O–H groups in total. The van der Waals surface area contributed by atoms with Crippen molar-refractivity contribution in [3.05, 3.63) is 82.6 Å². The maximum Gasteiger partial charge on any atom is 0.254 e. The third-order valence-electron chi connectivity index (χ3n) is 6.32. The quantitative estimate of drug-likeness (QED) is 0.354. The summed E-state index contributed by atoms with van der Waals surface area (Å²) in [6.45, 7) is 9.78. The molecule has 7 nitrogen and oxygen atoms in total. The van der Waals surface area contributed by atoms with Crippen molar-refractivity contribution in [3.63, 3.8) is 0 Å². The topological polar surface area (TPSA) is 64.0 Å². The maximum atomic E-state index is 13.6. The Morgan fingerprint density at radius 2 is 1.76 bits per heavy atom. The first-order valence-electron chi connectivity index (χ1n) is 12.6. The molecular formula is C29H34ClN3O4. The summed E-state index contributed by atoms with van der Waals surface area (Å²) >= 11 is 6.39. The zero-order chi connectivity index (χ0) is 26.5. The van der Waals surface area contributed by atoms with Gasteiger partial charge in [-0.25, -0.2) is 0 Å². The minimum Gasteiger partial charge on any atom is -0.454 e. The summed E-state index contributed by atoms with van der Waals surface area (Å²) in [6.07, 6.45) is 2.00. The van der Waals surface area contributed by atoms with Gasteiger partial charge < -0.3 is 23.8 Å². The molecule has 0 spiro atoms. The molecule has 2 amide bonds. The lowest BCUT2D eigenvalue weighted by molar-refractivity contribution is -0.133. The van der Waals surface area contributed by atoms with E-state index in [1.54, 1.807) is 23.1 Å². The van der Waals surface area contributed by atoms with E-state index in [1.165, 1.54) is 0 Å². The van der Waals surface area contributed by atoms with Crippen molar-refractivity contribution in [2.75, 3.05) is 19.9 Å². The molecule has 0 unspecified atom stereocenters. The van der Waals surface area contributed by atoms with Gasteiger partial charge in [0.05, 0.1) is 6.54 Å². The molecule has 4 rings (SSSR count). The van der Waals surface area contributed by atoms with E-state index in [-0.39, 0.29) is 37.1 Å². The van der Waals surface area contributed by atoms with Crippen molar-refractivity contribution >= 4 is 23.4 Å². The summed E-state index contributed by atoms with van der Waals surface area (Å²) in [5, 5.41) is 0.715. The number of halogens is 1. The van der Waals surface area contributed by atoms with Gasteiger partial charge in [0.2, 0.25) is 12.7 Å². The van der Waals surface area contributed by atoms with Crippen LogP contribution in [0.15, 0.2) is 60.8 Å². The first-order chi connectivity index (χ1) is 17.7. The molecule has 0 atom stereocenters.